The van der Waals surface area contributed by atoms with E-state index < -0.39 is 0 Å². The largest absolute Gasteiger partial charge is 0.314 e. The maximum Gasteiger partial charge on any atom is 0.159 e. The third kappa shape index (κ3) is 1.62. The third-order valence-electron chi connectivity index (χ3n) is 3.71. The normalized spacial score (nSPS) is 18.7. The van der Waals surface area contributed by atoms with Crippen LogP contribution in [0.1, 0.15) is 22.3 Å². The number of hydrogen-bond donors (Lipinski definition) is 1. The summed E-state index contributed by atoms with van der Waals surface area (Å²) in [5.74, 6) is 1.05. The second-order valence-corrected chi connectivity index (χ2v) is 5.81. The van der Waals surface area contributed by atoms with Crippen molar-refractivity contribution in [3.8, 4) is 0 Å². The predicted molar refractivity (Wildman–Crippen MR) is 76.4 cm³/mol. The van der Waals surface area contributed by atoms with Crippen LogP contribution in [0.4, 0.5) is 0 Å². The molecule has 0 fully saturated rings. The molecule has 3 aromatic rings. The van der Waals surface area contributed by atoms with E-state index in [1.165, 1.54) is 10.4 Å². The molecular weight excluding hydrogens is 256 g/mol. The first-order chi connectivity index (χ1) is 9.34. The highest BCUT2D eigenvalue weighted by Gasteiger charge is 2.26. The summed E-state index contributed by atoms with van der Waals surface area (Å²) in [7, 11) is 2.04. The molecule has 0 aliphatic carbocycles. The van der Waals surface area contributed by atoms with Crippen LogP contribution in [0, 0.1) is 0 Å². The number of imidazole rings is 1. The molecule has 0 saturated carbocycles. The van der Waals surface area contributed by atoms with Crippen LogP contribution in [0.25, 0.3) is 11.2 Å². The second kappa shape index (κ2) is 4.15. The number of hydrogen-bond acceptors (Lipinski definition) is 4. The molecule has 0 saturated heterocycles. The zero-order valence-corrected chi connectivity index (χ0v) is 11.4. The van der Waals surface area contributed by atoms with Crippen LogP contribution in [0.5, 0.6) is 0 Å². The van der Waals surface area contributed by atoms with Gasteiger partial charge in [-0.2, -0.15) is 0 Å². The van der Waals surface area contributed by atoms with Crippen LogP contribution in [-0.2, 0) is 13.5 Å². The van der Waals surface area contributed by atoms with E-state index >= 15 is 0 Å². The number of rotatable bonds is 1. The van der Waals surface area contributed by atoms with Crippen molar-refractivity contribution in [2.24, 2.45) is 7.05 Å². The van der Waals surface area contributed by atoms with E-state index in [-0.39, 0.29) is 6.04 Å². The van der Waals surface area contributed by atoms with E-state index in [9.17, 15) is 0 Å². The lowest BCUT2D eigenvalue weighted by molar-refractivity contribution is 0.537. The molecule has 1 N–H and O–H groups in total. The maximum absolute atomic E-state index is 4.76. The molecule has 19 heavy (non-hydrogen) atoms. The fourth-order valence-corrected chi connectivity index (χ4v) is 3.70. The number of pyridine rings is 1. The van der Waals surface area contributed by atoms with Gasteiger partial charge in [0, 0.05) is 24.7 Å². The topological polar surface area (TPSA) is 42.7 Å². The van der Waals surface area contributed by atoms with Gasteiger partial charge in [-0.05, 0) is 35.6 Å². The van der Waals surface area contributed by atoms with Crippen LogP contribution in [0.3, 0.4) is 0 Å². The van der Waals surface area contributed by atoms with E-state index in [1.54, 1.807) is 0 Å². The molecule has 3 aromatic heterocycles. The van der Waals surface area contributed by atoms with Crippen molar-refractivity contribution in [2.45, 2.75) is 12.5 Å². The van der Waals surface area contributed by atoms with E-state index in [2.05, 4.69) is 26.3 Å². The number of nitrogens with zero attached hydrogens (tertiary/aromatic N) is 3. The van der Waals surface area contributed by atoms with Gasteiger partial charge in [-0.25, -0.2) is 9.97 Å². The molecule has 4 rings (SSSR count). The Morgan fingerprint density at radius 3 is 3.26 bits per heavy atom. The monoisotopic (exact) mass is 270 g/mol. The Balaban J connectivity index is 1.90. The third-order valence-corrected chi connectivity index (χ3v) is 4.71. The number of aryl methyl sites for hydroxylation is 1. The molecule has 0 aromatic carbocycles. The molecule has 4 heterocycles. The Kier molecular flexibility index (Phi) is 2.43. The van der Waals surface area contributed by atoms with Crippen molar-refractivity contribution in [2.75, 3.05) is 6.54 Å². The number of aromatic nitrogens is 3. The molecule has 0 spiro atoms. The number of fused-ring (bicyclic) bond motifs is 2. The lowest BCUT2D eigenvalue weighted by Gasteiger charge is -2.23. The fourth-order valence-electron chi connectivity index (χ4n) is 2.78. The molecule has 96 valence electrons. The highest BCUT2D eigenvalue weighted by molar-refractivity contribution is 7.10. The van der Waals surface area contributed by atoms with Gasteiger partial charge in [0.25, 0.3) is 0 Å². The van der Waals surface area contributed by atoms with E-state index in [1.807, 2.05) is 36.7 Å². The van der Waals surface area contributed by atoms with Crippen molar-refractivity contribution in [3.63, 3.8) is 0 Å². The van der Waals surface area contributed by atoms with Crippen molar-refractivity contribution in [1.82, 2.24) is 19.9 Å². The van der Waals surface area contributed by atoms with Gasteiger partial charge in [0.05, 0.1) is 6.04 Å². The Morgan fingerprint density at radius 2 is 2.37 bits per heavy atom. The van der Waals surface area contributed by atoms with Crippen LogP contribution in [0.2, 0.25) is 0 Å². The minimum absolute atomic E-state index is 0.189. The molecule has 1 aliphatic heterocycles. The van der Waals surface area contributed by atoms with Gasteiger partial charge >= 0.3 is 0 Å². The Labute approximate surface area is 115 Å². The summed E-state index contributed by atoms with van der Waals surface area (Å²) in [5.41, 5.74) is 3.28. The van der Waals surface area contributed by atoms with Gasteiger partial charge < -0.3 is 9.88 Å². The molecule has 4 nitrogen and oxygen atoms in total. The fraction of sp³-hybridized carbons (Fsp3) is 0.286. The average molecular weight is 270 g/mol. The molecule has 1 unspecified atom stereocenters. The van der Waals surface area contributed by atoms with Gasteiger partial charge in [-0.15, -0.1) is 11.3 Å². The summed E-state index contributed by atoms with van der Waals surface area (Å²) in [6, 6.07) is 6.35. The summed E-state index contributed by atoms with van der Waals surface area (Å²) in [6.45, 7) is 1.01. The first-order valence-electron chi connectivity index (χ1n) is 6.41. The summed E-state index contributed by atoms with van der Waals surface area (Å²) in [4.78, 5) is 10.6. The van der Waals surface area contributed by atoms with Crippen LogP contribution in [0.15, 0.2) is 29.8 Å². The zero-order valence-electron chi connectivity index (χ0n) is 10.6. The van der Waals surface area contributed by atoms with Crippen molar-refractivity contribution < 1.29 is 0 Å². The SMILES string of the molecule is Cn1c(C2NCCc3sccc32)nc2cccnc21. The zero-order chi connectivity index (χ0) is 12.8. The van der Waals surface area contributed by atoms with Crippen molar-refractivity contribution in [1.29, 1.82) is 0 Å². The van der Waals surface area contributed by atoms with E-state index in [4.69, 9.17) is 4.98 Å². The molecule has 1 aliphatic rings. The Hall–Kier alpha value is -1.72. The number of thiophene rings is 1. The Bertz CT molecular complexity index is 743. The smallest absolute Gasteiger partial charge is 0.159 e. The lowest BCUT2D eigenvalue weighted by Crippen LogP contribution is -2.31. The first-order valence-corrected chi connectivity index (χ1v) is 7.29. The molecule has 0 bridgehead atoms. The molecule has 0 amide bonds. The second-order valence-electron chi connectivity index (χ2n) is 4.81. The van der Waals surface area contributed by atoms with Crippen molar-refractivity contribution in [3.05, 3.63) is 46.0 Å². The molecule has 1 atom stereocenters. The van der Waals surface area contributed by atoms with Gasteiger partial charge in [0.15, 0.2) is 5.65 Å². The minimum Gasteiger partial charge on any atom is -0.314 e. The average Bonchev–Trinajstić information content (AvgIpc) is 3.04. The number of nitrogens with one attached hydrogen (secondary N) is 1. The van der Waals surface area contributed by atoms with Gasteiger partial charge in [-0.3, -0.25) is 0 Å². The van der Waals surface area contributed by atoms with Crippen LogP contribution >= 0.6 is 11.3 Å². The Morgan fingerprint density at radius 1 is 1.42 bits per heavy atom. The predicted octanol–water partition coefficient (Wildman–Crippen LogP) is 2.26. The van der Waals surface area contributed by atoms with E-state index in [0.29, 0.717) is 0 Å². The molecule has 0 radical (unpaired) electrons. The van der Waals surface area contributed by atoms with Crippen molar-refractivity contribution >= 4 is 22.5 Å². The quantitative estimate of drug-likeness (QED) is 0.737. The van der Waals surface area contributed by atoms with Gasteiger partial charge in [-0.1, -0.05) is 0 Å². The summed E-state index contributed by atoms with van der Waals surface area (Å²) in [5, 5.41) is 5.75. The van der Waals surface area contributed by atoms with E-state index in [0.717, 1.165) is 30.0 Å². The van der Waals surface area contributed by atoms with Gasteiger partial charge in [0.1, 0.15) is 11.3 Å². The maximum atomic E-state index is 4.76. The first kappa shape index (κ1) is 11.1. The summed E-state index contributed by atoms with van der Waals surface area (Å²) >= 11 is 1.84. The van der Waals surface area contributed by atoms with Gasteiger partial charge in [0.2, 0.25) is 0 Å². The minimum atomic E-state index is 0.189. The van der Waals surface area contributed by atoms with Crippen LogP contribution < -0.4 is 5.32 Å². The standard InChI is InChI=1S/C14H14N4S/c1-18-13-10(3-2-6-16-13)17-14(18)12-9-5-8-19-11(9)4-7-15-12/h2-3,5-6,8,12,15H,4,7H2,1H3. The summed E-state index contributed by atoms with van der Waals surface area (Å²) < 4.78 is 2.10. The molecular formula is C14H14N4S. The van der Waals surface area contributed by atoms with Crippen LogP contribution in [-0.4, -0.2) is 21.1 Å². The highest BCUT2D eigenvalue weighted by atomic mass is 32.1. The highest BCUT2D eigenvalue weighted by Crippen LogP contribution is 2.32. The molecule has 5 heteroatoms. The lowest BCUT2D eigenvalue weighted by atomic mass is 10.0. The summed E-state index contributed by atoms with van der Waals surface area (Å²) in [6.07, 6.45) is 2.93.